The highest BCUT2D eigenvalue weighted by Gasteiger charge is 2.19. The summed E-state index contributed by atoms with van der Waals surface area (Å²) in [5.41, 5.74) is 6.32. The van der Waals surface area contributed by atoms with Crippen molar-refractivity contribution in [3.63, 3.8) is 0 Å². The molecular weight excluding hydrogens is 259 g/mol. The Hall–Kier alpha value is -1.18. The Morgan fingerprint density at radius 3 is 2.72 bits per heavy atom. The third-order valence-corrected chi connectivity index (χ3v) is 3.83. The Balaban J connectivity index is 2.88. The largest absolute Gasteiger partial charge is 0.398 e. The fourth-order valence-corrected chi connectivity index (χ4v) is 2.45. The fourth-order valence-electron chi connectivity index (χ4n) is 1.34. The van der Waals surface area contributed by atoms with Gasteiger partial charge in [-0.3, -0.25) is 0 Å². The molecule has 18 heavy (non-hydrogen) atoms. The van der Waals surface area contributed by atoms with Crippen molar-refractivity contribution < 1.29 is 17.5 Å². The molecule has 0 amide bonds. The van der Waals surface area contributed by atoms with Crippen LogP contribution in [0.3, 0.4) is 0 Å². The van der Waals surface area contributed by atoms with Crippen LogP contribution in [0.2, 0.25) is 0 Å². The molecule has 0 aliphatic heterocycles. The molecule has 0 spiro atoms. The molecule has 0 saturated carbocycles. The van der Waals surface area contributed by atoms with E-state index in [4.69, 9.17) is 10.5 Å². The van der Waals surface area contributed by atoms with E-state index >= 15 is 0 Å². The SMILES string of the molecule is CCOCCNS(=O)(=O)c1cc(N)c(C)cc1F. The second-order valence-corrected chi connectivity index (χ2v) is 5.47. The molecule has 0 aromatic heterocycles. The summed E-state index contributed by atoms with van der Waals surface area (Å²) in [5.74, 6) is -0.814. The van der Waals surface area contributed by atoms with Crippen LogP contribution in [0, 0.1) is 12.7 Å². The molecule has 1 rings (SSSR count). The Labute approximate surface area is 106 Å². The highest BCUT2D eigenvalue weighted by molar-refractivity contribution is 7.89. The standard InChI is InChI=1S/C11H17FN2O3S/c1-3-17-5-4-14-18(15,16)11-7-10(13)8(2)6-9(11)12/h6-7,14H,3-5,13H2,1-2H3. The molecule has 0 bridgehead atoms. The summed E-state index contributed by atoms with van der Waals surface area (Å²) >= 11 is 0. The molecule has 0 saturated heterocycles. The Morgan fingerprint density at radius 1 is 1.44 bits per heavy atom. The van der Waals surface area contributed by atoms with E-state index in [1.165, 1.54) is 0 Å². The Bertz CT molecular complexity index is 517. The number of rotatable bonds is 6. The van der Waals surface area contributed by atoms with E-state index < -0.39 is 20.7 Å². The van der Waals surface area contributed by atoms with Crippen molar-refractivity contribution in [3.8, 4) is 0 Å². The van der Waals surface area contributed by atoms with Crippen molar-refractivity contribution in [1.29, 1.82) is 0 Å². The quantitative estimate of drug-likeness (QED) is 0.600. The first-order chi connectivity index (χ1) is 8.38. The predicted octanol–water partition coefficient (Wildman–Crippen LogP) is 1.03. The molecular formula is C11H17FN2O3S. The molecule has 0 unspecified atom stereocenters. The summed E-state index contributed by atoms with van der Waals surface area (Å²) in [6, 6.07) is 2.22. The van der Waals surface area contributed by atoms with Gasteiger partial charge < -0.3 is 10.5 Å². The number of hydrogen-bond donors (Lipinski definition) is 2. The number of benzene rings is 1. The zero-order chi connectivity index (χ0) is 13.8. The van der Waals surface area contributed by atoms with Crippen LogP contribution >= 0.6 is 0 Å². The van der Waals surface area contributed by atoms with Crippen LogP contribution in [-0.2, 0) is 14.8 Å². The molecule has 0 aliphatic carbocycles. The van der Waals surface area contributed by atoms with Crippen LogP contribution in [0.5, 0.6) is 0 Å². The normalized spacial score (nSPS) is 11.7. The van der Waals surface area contributed by atoms with E-state index in [1.54, 1.807) is 13.8 Å². The minimum Gasteiger partial charge on any atom is -0.398 e. The van der Waals surface area contributed by atoms with Crippen LogP contribution in [0.25, 0.3) is 0 Å². The number of aryl methyl sites for hydroxylation is 1. The molecule has 0 radical (unpaired) electrons. The van der Waals surface area contributed by atoms with Crippen molar-refractivity contribution in [2.24, 2.45) is 0 Å². The lowest BCUT2D eigenvalue weighted by Crippen LogP contribution is -2.28. The van der Waals surface area contributed by atoms with E-state index in [0.29, 0.717) is 12.2 Å². The Morgan fingerprint density at radius 2 is 2.11 bits per heavy atom. The number of nitrogens with one attached hydrogen (secondary N) is 1. The van der Waals surface area contributed by atoms with Gasteiger partial charge in [0.2, 0.25) is 10.0 Å². The number of nitrogen functional groups attached to an aromatic ring is 1. The second kappa shape index (κ2) is 6.12. The molecule has 3 N–H and O–H groups in total. The van der Waals surface area contributed by atoms with Crippen LogP contribution in [0.4, 0.5) is 10.1 Å². The summed E-state index contributed by atoms with van der Waals surface area (Å²) in [4.78, 5) is -0.443. The van der Waals surface area contributed by atoms with Crippen LogP contribution < -0.4 is 10.5 Å². The number of hydrogen-bond acceptors (Lipinski definition) is 4. The Kier molecular flexibility index (Phi) is 5.06. The molecule has 1 aromatic carbocycles. The zero-order valence-electron chi connectivity index (χ0n) is 10.4. The highest BCUT2D eigenvalue weighted by Crippen LogP contribution is 2.21. The lowest BCUT2D eigenvalue weighted by molar-refractivity contribution is 0.153. The number of sulfonamides is 1. The summed E-state index contributed by atoms with van der Waals surface area (Å²) in [5, 5.41) is 0. The average molecular weight is 276 g/mol. The van der Waals surface area contributed by atoms with E-state index in [-0.39, 0.29) is 18.8 Å². The molecule has 102 valence electrons. The zero-order valence-corrected chi connectivity index (χ0v) is 11.2. The number of nitrogens with two attached hydrogens (primary N) is 1. The molecule has 0 atom stereocenters. The van der Waals surface area contributed by atoms with Gasteiger partial charge >= 0.3 is 0 Å². The first-order valence-corrected chi connectivity index (χ1v) is 7.00. The maximum Gasteiger partial charge on any atom is 0.243 e. The van der Waals surface area contributed by atoms with Gasteiger partial charge in [0.15, 0.2) is 0 Å². The minimum atomic E-state index is -3.90. The van der Waals surface area contributed by atoms with Gasteiger partial charge in [0.1, 0.15) is 10.7 Å². The monoisotopic (exact) mass is 276 g/mol. The summed E-state index contributed by atoms with van der Waals surface area (Å²) in [6.45, 7) is 4.22. The van der Waals surface area contributed by atoms with Gasteiger partial charge in [-0.25, -0.2) is 17.5 Å². The van der Waals surface area contributed by atoms with Crippen molar-refractivity contribution in [2.75, 3.05) is 25.5 Å². The molecule has 7 heteroatoms. The van der Waals surface area contributed by atoms with Crippen LogP contribution in [0.15, 0.2) is 17.0 Å². The molecule has 5 nitrogen and oxygen atoms in total. The lowest BCUT2D eigenvalue weighted by atomic mass is 10.2. The third kappa shape index (κ3) is 3.66. The van der Waals surface area contributed by atoms with Gasteiger partial charge in [0, 0.05) is 18.8 Å². The smallest absolute Gasteiger partial charge is 0.243 e. The van der Waals surface area contributed by atoms with E-state index in [0.717, 1.165) is 12.1 Å². The van der Waals surface area contributed by atoms with Crippen LogP contribution in [-0.4, -0.2) is 28.2 Å². The summed E-state index contributed by atoms with van der Waals surface area (Å²) in [7, 11) is -3.90. The van der Waals surface area contributed by atoms with Gasteiger partial charge in [-0.05, 0) is 31.5 Å². The minimum absolute atomic E-state index is 0.0867. The first kappa shape index (κ1) is 14.9. The maximum atomic E-state index is 13.6. The van der Waals surface area contributed by atoms with Crippen molar-refractivity contribution >= 4 is 15.7 Å². The predicted molar refractivity (Wildman–Crippen MR) is 67.2 cm³/mol. The highest BCUT2D eigenvalue weighted by atomic mass is 32.2. The third-order valence-electron chi connectivity index (χ3n) is 2.35. The summed E-state index contributed by atoms with van der Waals surface area (Å²) in [6.07, 6.45) is 0. The first-order valence-electron chi connectivity index (χ1n) is 5.51. The second-order valence-electron chi connectivity index (χ2n) is 3.73. The molecule has 0 heterocycles. The molecule has 1 aromatic rings. The molecule has 0 aliphatic rings. The number of anilines is 1. The number of ether oxygens (including phenoxy) is 1. The summed E-state index contributed by atoms with van der Waals surface area (Å²) < 4.78 is 44.5. The van der Waals surface area contributed by atoms with Gasteiger partial charge in [-0.1, -0.05) is 0 Å². The van der Waals surface area contributed by atoms with E-state index in [1.807, 2.05) is 0 Å². The van der Waals surface area contributed by atoms with Gasteiger partial charge in [-0.15, -0.1) is 0 Å². The maximum absolute atomic E-state index is 13.6. The van der Waals surface area contributed by atoms with Gasteiger partial charge in [-0.2, -0.15) is 0 Å². The topological polar surface area (TPSA) is 81.4 Å². The van der Waals surface area contributed by atoms with Gasteiger partial charge in [0.25, 0.3) is 0 Å². The van der Waals surface area contributed by atoms with Crippen molar-refractivity contribution in [3.05, 3.63) is 23.5 Å². The number of halogens is 1. The lowest BCUT2D eigenvalue weighted by Gasteiger charge is -2.09. The van der Waals surface area contributed by atoms with Crippen LogP contribution in [0.1, 0.15) is 12.5 Å². The van der Waals surface area contributed by atoms with E-state index in [9.17, 15) is 12.8 Å². The van der Waals surface area contributed by atoms with Gasteiger partial charge in [0.05, 0.1) is 6.61 Å². The fraction of sp³-hybridized carbons (Fsp3) is 0.455. The van der Waals surface area contributed by atoms with Crippen molar-refractivity contribution in [1.82, 2.24) is 4.72 Å². The average Bonchev–Trinajstić information content (AvgIpc) is 2.29. The van der Waals surface area contributed by atoms with Crippen molar-refractivity contribution in [2.45, 2.75) is 18.7 Å². The van der Waals surface area contributed by atoms with E-state index in [2.05, 4.69) is 4.72 Å². The molecule has 0 fully saturated rings.